The van der Waals surface area contributed by atoms with E-state index in [1.165, 1.54) is 6.04 Å². The van der Waals surface area contributed by atoms with E-state index < -0.39 is 26.7 Å². The summed E-state index contributed by atoms with van der Waals surface area (Å²) in [4.78, 5) is 0. The van der Waals surface area contributed by atoms with Crippen molar-refractivity contribution in [3.63, 3.8) is 0 Å². The Balaban J connectivity index is 1.95. The molecule has 0 atom stereocenters. The molecule has 0 N–H and O–H groups in total. The highest BCUT2D eigenvalue weighted by Gasteiger charge is 2.36. The van der Waals surface area contributed by atoms with E-state index >= 15 is 4.39 Å². The Morgan fingerprint density at radius 2 is 1.70 bits per heavy atom. The molecule has 1 aliphatic heterocycles. The molecule has 1 nitrogen and oxygen atoms in total. The van der Waals surface area contributed by atoms with Crippen LogP contribution in [0.2, 0.25) is 18.1 Å². The number of rotatable bonds is 5. The number of ether oxygens (including phenoxy) is 1. The van der Waals surface area contributed by atoms with Crippen LogP contribution in [0.1, 0.15) is 37.7 Å². The van der Waals surface area contributed by atoms with Gasteiger partial charge in [-0.2, -0.15) is 0 Å². The number of benzene rings is 2. The molecule has 0 spiro atoms. The summed E-state index contributed by atoms with van der Waals surface area (Å²) in [7, 11) is -0.403. The number of hydrogen-bond acceptors (Lipinski definition) is 1. The third-order valence-corrected chi connectivity index (χ3v) is 8.36. The van der Waals surface area contributed by atoms with E-state index in [0.29, 0.717) is 11.1 Å². The van der Waals surface area contributed by atoms with E-state index in [2.05, 4.69) is 11.7 Å². The van der Waals surface area contributed by atoms with Gasteiger partial charge in [-0.15, -0.1) is 13.2 Å². The zero-order valence-corrected chi connectivity index (χ0v) is 16.3. The SMILES string of the molecule is CCC[Si]1CCC(c2ccc(-c3ccccc3)c(F)c2OC(F)(F)F)CC1. The molecule has 27 heavy (non-hydrogen) atoms. The van der Waals surface area contributed by atoms with Gasteiger partial charge in [0.2, 0.25) is 0 Å². The molecule has 0 bridgehead atoms. The Labute approximate surface area is 159 Å². The van der Waals surface area contributed by atoms with Gasteiger partial charge in [-0.25, -0.2) is 4.39 Å². The Kier molecular flexibility index (Phi) is 6.24. The predicted molar refractivity (Wildman–Crippen MR) is 101 cm³/mol. The molecule has 1 fully saturated rings. The second-order valence-electron chi connectivity index (χ2n) is 7.03. The number of halogens is 4. The van der Waals surface area contributed by atoms with E-state index in [1.54, 1.807) is 42.5 Å². The topological polar surface area (TPSA) is 9.23 Å². The van der Waals surface area contributed by atoms with E-state index in [9.17, 15) is 13.2 Å². The van der Waals surface area contributed by atoms with Crippen LogP contribution in [-0.4, -0.2) is 15.2 Å². The zero-order valence-electron chi connectivity index (χ0n) is 15.3. The molecule has 3 rings (SSSR count). The molecule has 2 aromatic carbocycles. The van der Waals surface area contributed by atoms with Gasteiger partial charge in [0.05, 0.1) is 0 Å². The summed E-state index contributed by atoms with van der Waals surface area (Å²) in [5.74, 6) is -1.66. The van der Waals surface area contributed by atoms with Gasteiger partial charge >= 0.3 is 6.36 Å². The van der Waals surface area contributed by atoms with Crippen molar-refractivity contribution in [1.29, 1.82) is 0 Å². The quantitative estimate of drug-likeness (QED) is 0.385. The highest BCUT2D eigenvalue weighted by Crippen LogP contribution is 2.43. The Morgan fingerprint density at radius 1 is 1.04 bits per heavy atom. The van der Waals surface area contributed by atoms with E-state index in [0.717, 1.165) is 31.4 Å². The number of alkyl halides is 3. The highest BCUT2D eigenvalue weighted by atomic mass is 28.3. The lowest BCUT2D eigenvalue weighted by molar-refractivity contribution is -0.275. The van der Waals surface area contributed by atoms with Gasteiger partial charge in [-0.05, 0) is 24.3 Å². The van der Waals surface area contributed by atoms with Crippen molar-refractivity contribution in [1.82, 2.24) is 0 Å². The van der Waals surface area contributed by atoms with E-state index in [-0.39, 0.29) is 11.5 Å². The minimum absolute atomic E-state index is 0.0766. The lowest BCUT2D eigenvalue weighted by Crippen LogP contribution is -2.23. The summed E-state index contributed by atoms with van der Waals surface area (Å²) >= 11 is 0. The van der Waals surface area contributed by atoms with Crippen molar-refractivity contribution in [2.24, 2.45) is 0 Å². The minimum Gasteiger partial charge on any atom is -0.402 e. The van der Waals surface area contributed by atoms with Crippen LogP contribution in [0.4, 0.5) is 17.6 Å². The first-order valence-electron chi connectivity index (χ1n) is 9.36. The maximum absolute atomic E-state index is 15.1. The fraction of sp³-hybridized carbons (Fsp3) is 0.429. The molecule has 0 aromatic heterocycles. The fourth-order valence-corrected chi connectivity index (χ4v) is 6.86. The Morgan fingerprint density at radius 3 is 2.30 bits per heavy atom. The van der Waals surface area contributed by atoms with Gasteiger partial charge in [0.25, 0.3) is 0 Å². The van der Waals surface area contributed by atoms with Crippen LogP contribution in [0.3, 0.4) is 0 Å². The van der Waals surface area contributed by atoms with Crippen molar-refractivity contribution in [2.45, 2.75) is 56.6 Å². The lowest BCUT2D eigenvalue weighted by Gasteiger charge is -2.29. The normalized spacial score (nSPS) is 16.5. The molecular weight excluding hydrogens is 372 g/mol. The van der Waals surface area contributed by atoms with Crippen LogP contribution >= 0.6 is 0 Å². The van der Waals surface area contributed by atoms with Crippen molar-refractivity contribution >= 4 is 8.80 Å². The Bertz CT molecular complexity index is 753. The molecule has 0 unspecified atom stereocenters. The molecular formula is C21H23F4OSi. The van der Waals surface area contributed by atoms with Crippen molar-refractivity contribution in [3.05, 3.63) is 53.8 Å². The molecule has 2 aromatic rings. The summed E-state index contributed by atoms with van der Waals surface area (Å²) in [5, 5.41) is 0. The van der Waals surface area contributed by atoms with Gasteiger partial charge in [0.15, 0.2) is 11.6 Å². The standard InChI is InChI=1S/C21H23F4OSi/c1-2-12-27-13-10-16(11-14-27)18-9-8-17(15-6-4-3-5-7-15)19(22)20(18)26-21(23,24)25/h3-9,16H,2,10-14H2,1H3. The summed E-state index contributed by atoms with van der Waals surface area (Å²) < 4.78 is 58.2. The third kappa shape index (κ3) is 4.92. The molecule has 1 aliphatic rings. The van der Waals surface area contributed by atoms with Crippen molar-refractivity contribution in [2.75, 3.05) is 0 Å². The van der Waals surface area contributed by atoms with Crippen molar-refractivity contribution < 1.29 is 22.3 Å². The minimum atomic E-state index is -4.92. The summed E-state index contributed by atoms with van der Waals surface area (Å²) in [6.07, 6.45) is -2.14. The molecule has 0 amide bonds. The first kappa shape index (κ1) is 19.9. The predicted octanol–water partition coefficient (Wildman–Crippen LogP) is 7.17. The summed E-state index contributed by atoms with van der Waals surface area (Å²) in [5.41, 5.74) is 1.01. The maximum atomic E-state index is 15.1. The monoisotopic (exact) mass is 395 g/mol. The smallest absolute Gasteiger partial charge is 0.402 e. The van der Waals surface area contributed by atoms with E-state index in [1.807, 2.05) is 0 Å². The van der Waals surface area contributed by atoms with Crippen LogP contribution in [0.5, 0.6) is 5.75 Å². The molecule has 145 valence electrons. The molecule has 1 heterocycles. The fourth-order valence-electron chi connectivity index (χ4n) is 3.89. The largest absolute Gasteiger partial charge is 0.573 e. The number of hydrogen-bond donors (Lipinski definition) is 0. The molecule has 1 saturated heterocycles. The maximum Gasteiger partial charge on any atom is 0.573 e. The third-order valence-electron chi connectivity index (χ3n) is 5.17. The van der Waals surface area contributed by atoms with Gasteiger partial charge < -0.3 is 4.74 Å². The van der Waals surface area contributed by atoms with Gasteiger partial charge in [0, 0.05) is 19.9 Å². The molecule has 0 aliphatic carbocycles. The van der Waals surface area contributed by atoms with Crippen LogP contribution < -0.4 is 4.74 Å². The first-order chi connectivity index (χ1) is 12.9. The average molecular weight is 395 g/mol. The second-order valence-corrected chi connectivity index (χ2v) is 10.0. The van der Waals surface area contributed by atoms with Crippen molar-refractivity contribution in [3.8, 4) is 16.9 Å². The second kappa shape index (κ2) is 8.46. The summed E-state index contributed by atoms with van der Waals surface area (Å²) in [6.45, 7) is 2.16. The van der Waals surface area contributed by atoms with Crippen LogP contribution in [-0.2, 0) is 0 Å². The summed E-state index contributed by atoms with van der Waals surface area (Å²) in [6, 6.07) is 15.2. The van der Waals surface area contributed by atoms with E-state index in [4.69, 9.17) is 0 Å². The Hall–Kier alpha value is -1.82. The average Bonchev–Trinajstić information content (AvgIpc) is 2.64. The molecule has 1 radical (unpaired) electrons. The van der Waals surface area contributed by atoms with Gasteiger partial charge in [-0.3, -0.25) is 0 Å². The molecule has 6 heteroatoms. The molecule has 0 saturated carbocycles. The van der Waals surface area contributed by atoms with Crippen LogP contribution in [0, 0.1) is 5.82 Å². The highest BCUT2D eigenvalue weighted by molar-refractivity contribution is 6.59. The lowest BCUT2D eigenvalue weighted by atomic mass is 9.90. The van der Waals surface area contributed by atoms with Gasteiger partial charge in [0.1, 0.15) is 0 Å². The van der Waals surface area contributed by atoms with Gasteiger partial charge in [-0.1, -0.05) is 73.9 Å². The van der Waals surface area contributed by atoms with Crippen LogP contribution in [0.15, 0.2) is 42.5 Å². The zero-order chi connectivity index (χ0) is 19.4. The van der Waals surface area contributed by atoms with Crippen LogP contribution in [0.25, 0.3) is 11.1 Å². The first-order valence-corrected chi connectivity index (χ1v) is 11.5.